The molecule has 1 aromatic rings. The zero-order valence-corrected chi connectivity index (χ0v) is 14.4. The summed E-state index contributed by atoms with van der Waals surface area (Å²) >= 11 is 0. The third kappa shape index (κ3) is 4.82. The molecule has 1 fully saturated rings. The monoisotopic (exact) mass is 303 g/mol. The van der Waals surface area contributed by atoms with Crippen molar-refractivity contribution in [2.24, 2.45) is 5.41 Å². The highest BCUT2D eigenvalue weighted by molar-refractivity contribution is 5.81. The van der Waals surface area contributed by atoms with Crippen LogP contribution in [0.2, 0.25) is 0 Å². The molecule has 0 aliphatic carbocycles. The van der Waals surface area contributed by atoms with E-state index in [9.17, 15) is 4.79 Å². The van der Waals surface area contributed by atoms with Crippen LogP contribution in [0.1, 0.15) is 31.9 Å². The van der Waals surface area contributed by atoms with Crippen LogP contribution in [0, 0.1) is 5.41 Å². The first-order chi connectivity index (χ1) is 10.4. The van der Waals surface area contributed by atoms with Gasteiger partial charge in [-0.2, -0.15) is 0 Å². The summed E-state index contributed by atoms with van der Waals surface area (Å²) < 4.78 is 0. The fourth-order valence-corrected chi connectivity index (χ4v) is 2.57. The molecule has 4 heteroatoms. The van der Waals surface area contributed by atoms with Gasteiger partial charge < -0.3 is 10.2 Å². The highest BCUT2D eigenvalue weighted by Gasteiger charge is 2.21. The molecule has 1 aromatic carbocycles. The van der Waals surface area contributed by atoms with Crippen LogP contribution in [-0.4, -0.2) is 48.9 Å². The molecule has 1 saturated heterocycles. The van der Waals surface area contributed by atoms with Crippen LogP contribution in [-0.2, 0) is 17.9 Å². The van der Waals surface area contributed by atoms with Crippen molar-refractivity contribution in [1.82, 2.24) is 15.1 Å². The lowest BCUT2D eigenvalue weighted by molar-refractivity contribution is -0.128. The zero-order chi connectivity index (χ0) is 16.2. The van der Waals surface area contributed by atoms with Gasteiger partial charge in [-0.3, -0.25) is 9.69 Å². The van der Waals surface area contributed by atoms with Crippen molar-refractivity contribution in [2.75, 3.05) is 33.2 Å². The van der Waals surface area contributed by atoms with Gasteiger partial charge in [0.2, 0.25) is 5.91 Å². The van der Waals surface area contributed by atoms with Crippen molar-refractivity contribution in [1.29, 1.82) is 0 Å². The number of carbonyl (C=O) groups excluding carboxylic acids is 1. The predicted molar refractivity (Wildman–Crippen MR) is 90.5 cm³/mol. The van der Waals surface area contributed by atoms with Gasteiger partial charge in [0.15, 0.2) is 0 Å². The molecule has 0 aromatic heterocycles. The van der Waals surface area contributed by atoms with Crippen molar-refractivity contribution < 1.29 is 4.79 Å². The summed E-state index contributed by atoms with van der Waals surface area (Å²) in [5, 5.41) is 3.06. The van der Waals surface area contributed by atoms with Crippen molar-refractivity contribution in [3.05, 3.63) is 35.4 Å². The number of hydrogen-bond donors (Lipinski definition) is 1. The van der Waals surface area contributed by atoms with E-state index in [2.05, 4.69) is 40.4 Å². The Morgan fingerprint density at radius 3 is 2.27 bits per heavy atom. The molecule has 0 radical (unpaired) electrons. The molecule has 1 N–H and O–H groups in total. The Bertz CT molecular complexity index is 499. The van der Waals surface area contributed by atoms with Gasteiger partial charge in [-0.1, -0.05) is 45.0 Å². The minimum Gasteiger partial charge on any atom is -0.352 e. The summed E-state index contributed by atoms with van der Waals surface area (Å²) in [7, 11) is 2.17. The van der Waals surface area contributed by atoms with E-state index in [1.807, 2.05) is 26.8 Å². The van der Waals surface area contributed by atoms with Gasteiger partial charge in [-0.05, 0) is 18.2 Å². The number of amides is 1. The number of nitrogens with zero attached hydrogens (tertiary/aromatic N) is 2. The maximum Gasteiger partial charge on any atom is 0.225 e. The molecule has 22 heavy (non-hydrogen) atoms. The first-order valence-corrected chi connectivity index (χ1v) is 8.12. The van der Waals surface area contributed by atoms with Gasteiger partial charge in [0, 0.05) is 44.7 Å². The molecular weight excluding hydrogens is 274 g/mol. The van der Waals surface area contributed by atoms with Crippen LogP contribution in [0.25, 0.3) is 0 Å². The third-order valence-corrected chi connectivity index (χ3v) is 4.23. The minimum atomic E-state index is -0.341. The quantitative estimate of drug-likeness (QED) is 0.925. The Hall–Kier alpha value is -1.39. The van der Waals surface area contributed by atoms with Crippen molar-refractivity contribution >= 4 is 5.91 Å². The topological polar surface area (TPSA) is 35.6 Å². The lowest BCUT2D eigenvalue weighted by atomic mass is 9.95. The highest BCUT2D eigenvalue weighted by Crippen LogP contribution is 2.16. The van der Waals surface area contributed by atoms with Gasteiger partial charge in [-0.15, -0.1) is 0 Å². The highest BCUT2D eigenvalue weighted by atomic mass is 16.2. The molecule has 1 aliphatic rings. The van der Waals surface area contributed by atoms with Crippen LogP contribution in [0.5, 0.6) is 0 Å². The predicted octanol–water partition coefficient (Wildman–Crippen LogP) is 2.10. The van der Waals surface area contributed by atoms with Gasteiger partial charge in [0.1, 0.15) is 0 Å². The standard InChI is InChI=1S/C18H29N3O/c1-18(2,3)17(22)19-13-15-7-5-6-8-16(15)14-21-11-9-20(4)10-12-21/h5-8H,9-14H2,1-4H3,(H,19,22). The molecule has 0 saturated carbocycles. The fourth-order valence-electron chi connectivity index (χ4n) is 2.57. The van der Waals surface area contributed by atoms with Crippen LogP contribution in [0.3, 0.4) is 0 Å². The van der Waals surface area contributed by atoms with E-state index in [1.165, 1.54) is 11.1 Å². The average Bonchev–Trinajstić information content (AvgIpc) is 2.47. The summed E-state index contributed by atoms with van der Waals surface area (Å²) in [6.07, 6.45) is 0. The Kier molecular flexibility index (Phi) is 5.59. The smallest absolute Gasteiger partial charge is 0.225 e. The summed E-state index contributed by atoms with van der Waals surface area (Å²) in [5.74, 6) is 0.0990. The summed E-state index contributed by atoms with van der Waals surface area (Å²) in [5.41, 5.74) is 2.20. The van der Waals surface area contributed by atoms with Gasteiger partial charge in [-0.25, -0.2) is 0 Å². The van der Waals surface area contributed by atoms with E-state index in [4.69, 9.17) is 0 Å². The van der Waals surface area contributed by atoms with Crippen molar-refractivity contribution in [3.63, 3.8) is 0 Å². The zero-order valence-electron chi connectivity index (χ0n) is 14.4. The van der Waals surface area contributed by atoms with E-state index in [-0.39, 0.29) is 11.3 Å². The van der Waals surface area contributed by atoms with E-state index < -0.39 is 0 Å². The maximum atomic E-state index is 12.0. The number of piperazine rings is 1. The molecule has 0 spiro atoms. The lowest BCUT2D eigenvalue weighted by Crippen LogP contribution is -2.44. The molecule has 1 aliphatic heterocycles. The van der Waals surface area contributed by atoms with E-state index in [1.54, 1.807) is 0 Å². The number of nitrogens with one attached hydrogen (secondary N) is 1. The molecule has 4 nitrogen and oxygen atoms in total. The van der Waals surface area contributed by atoms with Crippen LogP contribution in [0.4, 0.5) is 0 Å². The molecule has 0 atom stereocenters. The molecule has 1 amide bonds. The maximum absolute atomic E-state index is 12.0. The fraction of sp³-hybridized carbons (Fsp3) is 0.611. The molecule has 0 bridgehead atoms. The molecule has 2 rings (SSSR count). The molecular formula is C18H29N3O. The van der Waals surface area contributed by atoms with Crippen molar-refractivity contribution in [2.45, 2.75) is 33.9 Å². The Balaban J connectivity index is 1.96. The number of rotatable bonds is 4. The number of carbonyl (C=O) groups is 1. The minimum absolute atomic E-state index is 0.0990. The average molecular weight is 303 g/mol. The summed E-state index contributed by atoms with van der Waals surface area (Å²) in [6, 6.07) is 8.43. The second-order valence-electron chi connectivity index (χ2n) is 7.28. The third-order valence-electron chi connectivity index (χ3n) is 4.23. The first kappa shape index (κ1) is 17.0. The summed E-state index contributed by atoms with van der Waals surface area (Å²) in [6.45, 7) is 11.9. The first-order valence-electron chi connectivity index (χ1n) is 8.12. The van der Waals surface area contributed by atoms with E-state index in [0.29, 0.717) is 6.54 Å². The normalized spacial score (nSPS) is 17.5. The second kappa shape index (κ2) is 7.25. The second-order valence-corrected chi connectivity index (χ2v) is 7.28. The largest absolute Gasteiger partial charge is 0.352 e. The Morgan fingerprint density at radius 2 is 1.68 bits per heavy atom. The molecule has 0 unspecified atom stereocenters. The summed E-state index contributed by atoms with van der Waals surface area (Å²) in [4.78, 5) is 16.9. The van der Waals surface area contributed by atoms with E-state index >= 15 is 0 Å². The Morgan fingerprint density at radius 1 is 1.09 bits per heavy atom. The van der Waals surface area contributed by atoms with Gasteiger partial charge >= 0.3 is 0 Å². The SMILES string of the molecule is CN1CCN(Cc2ccccc2CNC(=O)C(C)(C)C)CC1. The molecule has 122 valence electrons. The number of benzene rings is 1. The Labute approximate surface area is 134 Å². The van der Waals surface area contributed by atoms with Crippen molar-refractivity contribution in [3.8, 4) is 0 Å². The van der Waals surface area contributed by atoms with Gasteiger partial charge in [0.05, 0.1) is 0 Å². The van der Waals surface area contributed by atoms with E-state index in [0.717, 1.165) is 32.7 Å². The lowest BCUT2D eigenvalue weighted by Gasteiger charge is -2.32. The van der Waals surface area contributed by atoms with Crippen LogP contribution < -0.4 is 5.32 Å². The number of likely N-dealkylation sites (N-methyl/N-ethyl adjacent to an activating group) is 1. The van der Waals surface area contributed by atoms with Crippen LogP contribution >= 0.6 is 0 Å². The number of hydrogen-bond acceptors (Lipinski definition) is 3. The molecule has 1 heterocycles. The van der Waals surface area contributed by atoms with Crippen LogP contribution in [0.15, 0.2) is 24.3 Å². The van der Waals surface area contributed by atoms with Gasteiger partial charge in [0.25, 0.3) is 0 Å².